The van der Waals surface area contributed by atoms with Crippen LogP contribution in [0.3, 0.4) is 0 Å². The summed E-state index contributed by atoms with van der Waals surface area (Å²) >= 11 is 12.0. The molecule has 1 aromatic carbocycles. The average molecular weight is 300 g/mol. The van der Waals surface area contributed by atoms with Crippen LogP contribution in [-0.2, 0) is 6.54 Å². The van der Waals surface area contributed by atoms with Gasteiger partial charge in [-0.2, -0.15) is 0 Å². The lowest BCUT2D eigenvalue weighted by Crippen LogP contribution is -2.04. The van der Waals surface area contributed by atoms with E-state index in [1.54, 1.807) is 19.2 Å². The molecule has 2 rings (SSSR count). The van der Waals surface area contributed by atoms with E-state index in [9.17, 15) is 4.39 Å². The van der Waals surface area contributed by atoms with Gasteiger partial charge in [-0.15, -0.1) is 0 Å². The van der Waals surface area contributed by atoms with Gasteiger partial charge in [-0.25, -0.2) is 9.37 Å². The highest BCUT2D eigenvalue weighted by Crippen LogP contribution is 2.29. The highest BCUT2D eigenvalue weighted by molar-refractivity contribution is 6.37. The van der Waals surface area contributed by atoms with Gasteiger partial charge in [-0.1, -0.05) is 35.3 Å². The molecule has 0 spiro atoms. The van der Waals surface area contributed by atoms with Crippen LogP contribution in [0.4, 0.5) is 16.0 Å². The number of nitrogens with one attached hydrogen (secondary N) is 2. The van der Waals surface area contributed by atoms with E-state index >= 15 is 0 Å². The first-order valence-corrected chi connectivity index (χ1v) is 6.38. The lowest BCUT2D eigenvalue weighted by atomic mass is 10.2. The maximum Gasteiger partial charge on any atom is 0.147 e. The van der Waals surface area contributed by atoms with Crippen molar-refractivity contribution in [1.29, 1.82) is 0 Å². The Bertz CT molecular complexity index is 590. The number of benzene rings is 1. The van der Waals surface area contributed by atoms with Gasteiger partial charge in [0.05, 0.1) is 10.0 Å². The summed E-state index contributed by atoms with van der Waals surface area (Å²) in [5.41, 5.74) is 0.804. The first kappa shape index (κ1) is 13.9. The Hall–Kier alpha value is -1.52. The maximum absolute atomic E-state index is 13.0. The van der Waals surface area contributed by atoms with E-state index in [2.05, 4.69) is 15.6 Å². The van der Waals surface area contributed by atoms with E-state index in [1.165, 1.54) is 12.1 Å². The van der Waals surface area contributed by atoms with Crippen molar-refractivity contribution in [1.82, 2.24) is 4.98 Å². The summed E-state index contributed by atoms with van der Waals surface area (Å²) < 4.78 is 13.0. The van der Waals surface area contributed by atoms with Crippen molar-refractivity contribution in [2.45, 2.75) is 6.54 Å². The zero-order chi connectivity index (χ0) is 13.8. The highest BCUT2D eigenvalue weighted by Gasteiger charge is 2.08. The standard InChI is InChI=1S/C13H12Cl2FN3/c1-17-12-10(14)6-11(15)13(19-12)18-7-8-3-2-4-9(16)5-8/h2-6H,7H2,1H3,(H2,17,18,19). The van der Waals surface area contributed by atoms with Crippen LogP contribution in [0, 0.1) is 5.82 Å². The van der Waals surface area contributed by atoms with Gasteiger partial charge in [0.2, 0.25) is 0 Å². The number of rotatable bonds is 4. The molecule has 0 fully saturated rings. The quantitative estimate of drug-likeness (QED) is 0.889. The Morgan fingerprint density at radius 2 is 1.89 bits per heavy atom. The predicted octanol–water partition coefficient (Wildman–Crippen LogP) is 4.18. The molecule has 0 aliphatic carbocycles. The zero-order valence-electron chi connectivity index (χ0n) is 10.2. The van der Waals surface area contributed by atoms with Crippen molar-refractivity contribution in [2.75, 3.05) is 17.7 Å². The van der Waals surface area contributed by atoms with Crippen LogP contribution < -0.4 is 10.6 Å². The summed E-state index contributed by atoms with van der Waals surface area (Å²) in [6, 6.07) is 7.93. The summed E-state index contributed by atoms with van der Waals surface area (Å²) in [6.07, 6.45) is 0. The molecule has 0 aliphatic rings. The van der Waals surface area contributed by atoms with Crippen LogP contribution in [-0.4, -0.2) is 12.0 Å². The predicted molar refractivity (Wildman–Crippen MR) is 77.5 cm³/mol. The number of aromatic nitrogens is 1. The number of anilines is 2. The summed E-state index contributed by atoms with van der Waals surface area (Å²) in [4.78, 5) is 4.25. The van der Waals surface area contributed by atoms with E-state index in [0.717, 1.165) is 5.56 Å². The SMILES string of the molecule is CNc1nc(NCc2cccc(F)c2)c(Cl)cc1Cl. The number of pyridine rings is 1. The zero-order valence-corrected chi connectivity index (χ0v) is 11.7. The Morgan fingerprint density at radius 3 is 2.58 bits per heavy atom. The number of nitrogens with zero attached hydrogens (tertiary/aromatic N) is 1. The number of hydrogen-bond donors (Lipinski definition) is 2. The van der Waals surface area contributed by atoms with Gasteiger partial charge < -0.3 is 10.6 Å². The van der Waals surface area contributed by atoms with Gasteiger partial charge in [0.15, 0.2) is 0 Å². The average Bonchev–Trinajstić information content (AvgIpc) is 2.38. The molecular weight excluding hydrogens is 288 g/mol. The van der Waals surface area contributed by atoms with Crippen molar-refractivity contribution in [3.05, 3.63) is 51.8 Å². The summed E-state index contributed by atoms with van der Waals surface area (Å²) in [7, 11) is 1.72. The second-order valence-electron chi connectivity index (χ2n) is 3.88. The molecule has 0 saturated carbocycles. The van der Waals surface area contributed by atoms with E-state index in [0.29, 0.717) is 28.2 Å². The molecule has 1 aromatic heterocycles. The minimum atomic E-state index is -0.273. The van der Waals surface area contributed by atoms with Crippen LogP contribution in [0.15, 0.2) is 30.3 Å². The van der Waals surface area contributed by atoms with Crippen LogP contribution in [0.25, 0.3) is 0 Å². The molecule has 6 heteroatoms. The second kappa shape index (κ2) is 6.08. The normalized spacial score (nSPS) is 10.3. The Labute approximate surface area is 120 Å². The summed E-state index contributed by atoms with van der Waals surface area (Å²) in [5.74, 6) is 0.762. The smallest absolute Gasteiger partial charge is 0.147 e. The summed E-state index contributed by atoms with van der Waals surface area (Å²) in [6.45, 7) is 0.426. The van der Waals surface area contributed by atoms with Crippen LogP contribution in [0.2, 0.25) is 10.0 Å². The maximum atomic E-state index is 13.0. The van der Waals surface area contributed by atoms with Gasteiger partial charge in [0.1, 0.15) is 17.5 Å². The fraction of sp³-hybridized carbons (Fsp3) is 0.154. The van der Waals surface area contributed by atoms with Crippen LogP contribution in [0.5, 0.6) is 0 Å². The first-order valence-electron chi connectivity index (χ1n) is 5.62. The van der Waals surface area contributed by atoms with Gasteiger partial charge in [0.25, 0.3) is 0 Å². The molecule has 0 atom stereocenters. The minimum absolute atomic E-state index is 0.273. The molecule has 0 bridgehead atoms. The van der Waals surface area contributed by atoms with Crippen LogP contribution >= 0.6 is 23.2 Å². The van der Waals surface area contributed by atoms with E-state index < -0.39 is 0 Å². The lowest BCUT2D eigenvalue weighted by Gasteiger charge is -2.10. The third kappa shape index (κ3) is 3.49. The van der Waals surface area contributed by atoms with Crippen molar-refractivity contribution in [3.63, 3.8) is 0 Å². The lowest BCUT2D eigenvalue weighted by molar-refractivity contribution is 0.626. The van der Waals surface area contributed by atoms with Crippen molar-refractivity contribution in [2.24, 2.45) is 0 Å². The van der Waals surface area contributed by atoms with Gasteiger partial charge in [-0.3, -0.25) is 0 Å². The Morgan fingerprint density at radius 1 is 1.16 bits per heavy atom. The third-order valence-electron chi connectivity index (χ3n) is 2.52. The summed E-state index contributed by atoms with van der Waals surface area (Å²) in [5, 5.41) is 6.78. The first-order chi connectivity index (χ1) is 9.10. The number of halogens is 3. The molecule has 0 aliphatic heterocycles. The third-order valence-corrected chi connectivity index (χ3v) is 3.09. The molecule has 3 nitrogen and oxygen atoms in total. The highest BCUT2D eigenvalue weighted by atomic mass is 35.5. The molecule has 0 saturated heterocycles. The Balaban J connectivity index is 2.15. The molecule has 1 heterocycles. The van der Waals surface area contributed by atoms with E-state index in [4.69, 9.17) is 23.2 Å². The van der Waals surface area contributed by atoms with Gasteiger partial charge in [0, 0.05) is 13.6 Å². The monoisotopic (exact) mass is 299 g/mol. The fourth-order valence-corrected chi connectivity index (χ4v) is 2.12. The molecule has 100 valence electrons. The molecule has 0 radical (unpaired) electrons. The minimum Gasteiger partial charge on any atom is -0.372 e. The van der Waals surface area contributed by atoms with Gasteiger partial charge in [-0.05, 0) is 23.8 Å². The largest absolute Gasteiger partial charge is 0.372 e. The molecule has 0 amide bonds. The molecule has 0 unspecified atom stereocenters. The van der Waals surface area contributed by atoms with Crippen molar-refractivity contribution < 1.29 is 4.39 Å². The number of hydrogen-bond acceptors (Lipinski definition) is 3. The molecule has 19 heavy (non-hydrogen) atoms. The molecular formula is C13H12Cl2FN3. The van der Waals surface area contributed by atoms with Gasteiger partial charge >= 0.3 is 0 Å². The van der Waals surface area contributed by atoms with Crippen molar-refractivity contribution >= 4 is 34.8 Å². The molecule has 2 N–H and O–H groups in total. The topological polar surface area (TPSA) is 37.0 Å². The fourth-order valence-electron chi connectivity index (χ4n) is 1.60. The van der Waals surface area contributed by atoms with Crippen LogP contribution in [0.1, 0.15) is 5.56 Å². The second-order valence-corrected chi connectivity index (χ2v) is 4.70. The van der Waals surface area contributed by atoms with E-state index in [-0.39, 0.29) is 5.82 Å². The van der Waals surface area contributed by atoms with Crippen molar-refractivity contribution in [3.8, 4) is 0 Å². The molecule has 2 aromatic rings. The van der Waals surface area contributed by atoms with E-state index in [1.807, 2.05) is 6.07 Å². The Kier molecular flexibility index (Phi) is 4.45.